The number of nitriles is 1. The quantitative estimate of drug-likeness (QED) is 0.270. The Labute approximate surface area is 275 Å². The Morgan fingerprint density at radius 1 is 1.00 bits per heavy atom. The Kier molecular flexibility index (Phi) is 7.64. The van der Waals surface area contributed by atoms with Crippen LogP contribution in [0.5, 0.6) is 0 Å². The predicted octanol–water partition coefficient (Wildman–Crippen LogP) is 6.02. The summed E-state index contributed by atoms with van der Waals surface area (Å²) in [6.07, 6.45) is 3.22. The van der Waals surface area contributed by atoms with Gasteiger partial charge in [-0.15, -0.1) is 0 Å². The molecule has 3 aromatic carbocycles. The molecule has 0 spiro atoms. The lowest BCUT2D eigenvalue weighted by Crippen LogP contribution is -2.49. The summed E-state index contributed by atoms with van der Waals surface area (Å²) in [5.41, 5.74) is 8.86. The number of anilines is 2. The van der Waals surface area contributed by atoms with E-state index >= 15 is 0 Å². The fraction of sp³-hybridized carbons (Fsp3) is 0.368. The molecule has 240 valence electrons. The molecular weight excluding hydrogens is 588 g/mol. The van der Waals surface area contributed by atoms with Crippen LogP contribution in [0.15, 0.2) is 54.6 Å². The van der Waals surface area contributed by atoms with Crippen molar-refractivity contribution in [1.29, 1.82) is 5.26 Å². The first-order valence-electron chi connectivity index (χ1n) is 16.5. The molecule has 1 aromatic heterocycles. The van der Waals surface area contributed by atoms with E-state index in [1.54, 1.807) is 11.0 Å². The maximum atomic E-state index is 14.0. The van der Waals surface area contributed by atoms with Gasteiger partial charge in [0.05, 0.1) is 17.2 Å². The van der Waals surface area contributed by atoms with Gasteiger partial charge in [0.2, 0.25) is 5.91 Å². The van der Waals surface area contributed by atoms with Crippen molar-refractivity contribution in [2.75, 3.05) is 36.5 Å². The standard InChI is InChI=1S/C38H40N6O3/c1-5-25-19-29-30(38(2,3)36-34(35(29)46)28-11-8-24(21-39)18-31(28)40-36)20-32(25)43-15-12-26(13-16-43)42(4)22-23-6-9-27(10-7-23)44-17-14-33(45)41-37(44)47/h6-11,18-20,26,40H,5,12-17,22H2,1-4H3,(H,41,45,47). The molecule has 2 fully saturated rings. The van der Waals surface area contributed by atoms with Crippen LogP contribution in [0.25, 0.3) is 10.9 Å². The van der Waals surface area contributed by atoms with Crippen LogP contribution in [0.2, 0.25) is 0 Å². The summed E-state index contributed by atoms with van der Waals surface area (Å²) >= 11 is 0. The maximum Gasteiger partial charge on any atom is 0.328 e. The van der Waals surface area contributed by atoms with Gasteiger partial charge in [-0.1, -0.05) is 39.0 Å². The molecule has 9 nitrogen and oxygen atoms in total. The summed E-state index contributed by atoms with van der Waals surface area (Å²) in [4.78, 5) is 47.8. The number of piperidine rings is 1. The number of ketones is 1. The summed E-state index contributed by atoms with van der Waals surface area (Å²) < 4.78 is 0. The van der Waals surface area contributed by atoms with Gasteiger partial charge in [-0.2, -0.15) is 5.26 Å². The minimum atomic E-state index is -0.408. The molecule has 4 aromatic rings. The van der Waals surface area contributed by atoms with E-state index in [2.05, 4.69) is 78.3 Å². The lowest BCUT2D eigenvalue weighted by Gasteiger charge is -2.40. The third-order valence-corrected chi connectivity index (χ3v) is 10.5. The second-order valence-corrected chi connectivity index (χ2v) is 13.6. The fourth-order valence-electron chi connectivity index (χ4n) is 7.71. The Morgan fingerprint density at radius 3 is 2.43 bits per heavy atom. The van der Waals surface area contributed by atoms with Crippen LogP contribution in [0.3, 0.4) is 0 Å². The third-order valence-electron chi connectivity index (χ3n) is 10.5. The summed E-state index contributed by atoms with van der Waals surface area (Å²) in [5, 5.41) is 12.7. The summed E-state index contributed by atoms with van der Waals surface area (Å²) in [7, 11) is 2.18. The van der Waals surface area contributed by atoms with Crippen LogP contribution in [0.1, 0.15) is 83.9 Å². The van der Waals surface area contributed by atoms with Crippen molar-refractivity contribution in [1.82, 2.24) is 15.2 Å². The van der Waals surface area contributed by atoms with Crippen molar-refractivity contribution in [3.05, 3.63) is 93.7 Å². The maximum absolute atomic E-state index is 14.0. The third kappa shape index (κ3) is 5.27. The largest absolute Gasteiger partial charge is 0.371 e. The Bertz CT molecular complexity index is 1960. The van der Waals surface area contributed by atoms with Gasteiger partial charge in [-0.3, -0.25) is 24.7 Å². The van der Waals surface area contributed by atoms with Crippen molar-refractivity contribution in [2.45, 2.75) is 64.5 Å². The minimum Gasteiger partial charge on any atom is -0.371 e. The molecule has 1 aliphatic carbocycles. The van der Waals surface area contributed by atoms with Gasteiger partial charge < -0.3 is 9.88 Å². The van der Waals surface area contributed by atoms with E-state index < -0.39 is 5.41 Å². The normalized spacial score (nSPS) is 17.9. The Hall–Kier alpha value is -4.94. The number of aryl methyl sites for hydroxylation is 1. The topological polar surface area (TPSA) is 113 Å². The Morgan fingerprint density at radius 2 is 1.74 bits per heavy atom. The molecule has 0 bridgehead atoms. The lowest BCUT2D eigenvalue weighted by molar-refractivity contribution is -0.120. The molecule has 2 N–H and O–H groups in total. The highest BCUT2D eigenvalue weighted by Gasteiger charge is 2.41. The molecule has 0 radical (unpaired) electrons. The second kappa shape index (κ2) is 11.7. The first-order chi connectivity index (χ1) is 22.6. The monoisotopic (exact) mass is 628 g/mol. The molecule has 3 heterocycles. The van der Waals surface area contributed by atoms with Crippen molar-refractivity contribution >= 4 is 40.0 Å². The van der Waals surface area contributed by atoms with Crippen LogP contribution in [0, 0.1) is 11.3 Å². The summed E-state index contributed by atoms with van der Waals surface area (Å²) in [5.74, 6) is -0.179. The fourth-order valence-corrected chi connectivity index (χ4v) is 7.71. The molecule has 0 saturated carbocycles. The number of H-pyrrole nitrogens is 1. The summed E-state index contributed by atoms with van der Waals surface area (Å²) in [6, 6.07) is 20.2. The number of imide groups is 1. The second-order valence-electron chi connectivity index (χ2n) is 13.6. The molecule has 47 heavy (non-hydrogen) atoms. The average molecular weight is 629 g/mol. The van der Waals surface area contributed by atoms with Gasteiger partial charge in [0, 0.05) is 77.6 Å². The van der Waals surface area contributed by atoms with Crippen LogP contribution < -0.4 is 15.1 Å². The number of carbonyl (C=O) groups excluding carboxylic acids is 3. The molecule has 3 amide bonds. The van der Waals surface area contributed by atoms with Crippen molar-refractivity contribution < 1.29 is 14.4 Å². The van der Waals surface area contributed by atoms with E-state index in [0.29, 0.717) is 24.6 Å². The van der Waals surface area contributed by atoms with Crippen molar-refractivity contribution in [2.24, 2.45) is 0 Å². The number of carbonyl (C=O) groups is 3. The molecule has 0 unspecified atom stereocenters. The average Bonchev–Trinajstić information content (AvgIpc) is 3.47. The predicted molar refractivity (Wildman–Crippen MR) is 183 cm³/mol. The van der Waals surface area contributed by atoms with Gasteiger partial charge in [-0.05, 0) is 79.4 Å². The minimum absolute atomic E-state index is 0.0502. The van der Waals surface area contributed by atoms with Gasteiger partial charge in [-0.25, -0.2) is 4.79 Å². The highest BCUT2D eigenvalue weighted by atomic mass is 16.2. The molecule has 3 aliphatic rings. The van der Waals surface area contributed by atoms with E-state index in [1.807, 2.05) is 24.3 Å². The molecule has 7 rings (SSSR count). The SMILES string of the molecule is CCc1cc2c(cc1N1CCC(N(C)Cc3ccc(N4CCC(=O)NC4=O)cc3)CC1)C(C)(C)c1[nH]c3cc(C#N)ccc3c1C2=O. The van der Waals surface area contributed by atoms with Crippen LogP contribution in [-0.2, 0) is 23.2 Å². The highest BCUT2D eigenvalue weighted by molar-refractivity contribution is 6.20. The van der Waals surface area contributed by atoms with Gasteiger partial charge >= 0.3 is 6.03 Å². The lowest BCUT2D eigenvalue weighted by atomic mass is 9.70. The van der Waals surface area contributed by atoms with Crippen LogP contribution >= 0.6 is 0 Å². The zero-order valence-corrected chi connectivity index (χ0v) is 27.4. The number of benzene rings is 3. The first kappa shape index (κ1) is 30.7. The number of aromatic nitrogens is 1. The highest BCUT2D eigenvalue weighted by Crippen LogP contribution is 2.46. The number of hydrogen-bond acceptors (Lipinski definition) is 6. The van der Waals surface area contributed by atoms with E-state index in [0.717, 1.165) is 77.9 Å². The molecule has 9 heteroatoms. The van der Waals surface area contributed by atoms with Gasteiger partial charge in [0.15, 0.2) is 5.78 Å². The first-order valence-corrected chi connectivity index (χ1v) is 16.5. The number of nitrogens with zero attached hydrogens (tertiary/aromatic N) is 4. The van der Waals surface area contributed by atoms with Crippen molar-refractivity contribution in [3.8, 4) is 6.07 Å². The smallest absolute Gasteiger partial charge is 0.328 e. The molecule has 2 aliphatic heterocycles. The number of hydrogen-bond donors (Lipinski definition) is 2. The number of urea groups is 1. The summed E-state index contributed by atoms with van der Waals surface area (Å²) in [6.45, 7) is 9.61. The molecule has 0 atom stereocenters. The number of fused-ring (bicyclic) bond motifs is 4. The zero-order valence-electron chi connectivity index (χ0n) is 27.4. The zero-order chi connectivity index (χ0) is 33.0. The molecular formula is C38H40N6O3. The van der Waals surface area contributed by atoms with Crippen LogP contribution in [0.4, 0.5) is 16.2 Å². The number of nitrogens with one attached hydrogen (secondary N) is 2. The van der Waals surface area contributed by atoms with Gasteiger partial charge in [0.1, 0.15) is 0 Å². The van der Waals surface area contributed by atoms with Crippen LogP contribution in [-0.4, -0.2) is 60.3 Å². The van der Waals surface area contributed by atoms with Crippen molar-refractivity contribution in [3.63, 3.8) is 0 Å². The van der Waals surface area contributed by atoms with Gasteiger partial charge in [0.25, 0.3) is 0 Å². The number of amides is 3. The molecule has 2 saturated heterocycles. The van der Waals surface area contributed by atoms with E-state index in [1.165, 1.54) is 16.8 Å². The van der Waals surface area contributed by atoms with E-state index in [4.69, 9.17) is 0 Å². The number of aromatic amines is 1. The Balaban J connectivity index is 1.07. The number of rotatable bonds is 6. The van der Waals surface area contributed by atoms with E-state index in [9.17, 15) is 19.6 Å². The van der Waals surface area contributed by atoms with E-state index in [-0.39, 0.29) is 17.7 Å².